The average molecular weight is 463 g/mol. The number of nitrogens with one attached hydrogen (secondary N) is 2. The Bertz CT molecular complexity index is 1450. The molecule has 0 amide bonds. The molecule has 2 heterocycles. The Morgan fingerprint density at radius 2 is 1.91 bits per heavy atom. The summed E-state index contributed by atoms with van der Waals surface area (Å²) in [5, 5.41) is 22.4. The Kier molecular flexibility index (Phi) is 4.95. The Morgan fingerprint density at radius 3 is 2.69 bits per heavy atom. The highest BCUT2D eigenvalue weighted by Crippen LogP contribution is 2.55. The van der Waals surface area contributed by atoms with E-state index in [1.54, 1.807) is 19.4 Å². The molecule has 5 N–H and O–H groups in total. The van der Waals surface area contributed by atoms with Crippen LogP contribution in [0.4, 0.5) is 5.69 Å². The lowest BCUT2D eigenvalue weighted by Crippen LogP contribution is -2.31. The molecule has 1 aliphatic carbocycles. The number of phenolic OH excluding ortho intramolecular Hbond substituents is 1. The van der Waals surface area contributed by atoms with Crippen LogP contribution < -0.4 is 15.8 Å². The molecular weight excluding hydrogens is 436 g/mol. The number of hydrogen-bond donors (Lipinski definition) is 4. The molecule has 3 aromatic carbocycles. The van der Waals surface area contributed by atoms with E-state index in [0.717, 1.165) is 39.9 Å². The fourth-order valence-corrected chi connectivity index (χ4v) is 5.81. The molecule has 1 aliphatic heterocycles. The van der Waals surface area contributed by atoms with Crippen molar-refractivity contribution < 1.29 is 9.84 Å². The average Bonchev–Trinajstić information content (AvgIpc) is 3.28. The summed E-state index contributed by atoms with van der Waals surface area (Å²) in [5.41, 5.74) is 14.3. The molecule has 1 aromatic heterocycles. The van der Waals surface area contributed by atoms with Crippen LogP contribution in [0.15, 0.2) is 79.1 Å². The van der Waals surface area contributed by atoms with Crippen molar-refractivity contribution in [2.75, 3.05) is 12.4 Å². The van der Waals surface area contributed by atoms with E-state index >= 15 is 0 Å². The predicted molar refractivity (Wildman–Crippen MR) is 137 cm³/mol. The van der Waals surface area contributed by atoms with Crippen LogP contribution in [0.1, 0.15) is 39.8 Å². The second-order valence-electron chi connectivity index (χ2n) is 9.24. The first-order chi connectivity index (χ1) is 17.0. The van der Waals surface area contributed by atoms with E-state index in [2.05, 4.69) is 40.6 Å². The van der Waals surface area contributed by atoms with Crippen molar-refractivity contribution in [1.29, 1.82) is 5.41 Å². The molecule has 174 valence electrons. The number of benzene rings is 3. The van der Waals surface area contributed by atoms with E-state index < -0.39 is 0 Å². The van der Waals surface area contributed by atoms with E-state index in [-0.39, 0.29) is 29.5 Å². The van der Waals surface area contributed by atoms with Gasteiger partial charge in [-0.05, 0) is 76.6 Å². The Balaban J connectivity index is 1.57. The standard InChI is InChI=1S/C29H26N4O2/c1-35-26-14-21(20(13-25(26)34)18-6-4-10-32-15-18)28-23-11-16-5-2-3-7-19(16)27(23)22-12-17(29(30)31)8-9-24(22)33-28/h2-10,12-15,23,27-28,33-34H,11H2,1H3,(H3,30,31). The zero-order valence-corrected chi connectivity index (χ0v) is 19.3. The molecular formula is C29H26N4O2. The first kappa shape index (κ1) is 21.2. The van der Waals surface area contributed by atoms with Crippen LogP contribution in [0.25, 0.3) is 11.1 Å². The van der Waals surface area contributed by atoms with Gasteiger partial charge in [0.1, 0.15) is 5.84 Å². The summed E-state index contributed by atoms with van der Waals surface area (Å²) in [6, 6.07) is 22.2. The second-order valence-corrected chi connectivity index (χ2v) is 9.24. The largest absolute Gasteiger partial charge is 0.504 e. The van der Waals surface area contributed by atoms with E-state index in [1.807, 2.05) is 36.5 Å². The fraction of sp³-hybridized carbons (Fsp3) is 0.172. The van der Waals surface area contributed by atoms with Crippen molar-refractivity contribution in [3.8, 4) is 22.6 Å². The number of nitrogens with zero attached hydrogens (tertiary/aromatic N) is 1. The number of rotatable bonds is 4. The number of aromatic hydroxyl groups is 1. The number of hydrogen-bond acceptors (Lipinski definition) is 5. The molecule has 3 unspecified atom stereocenters. The van der Waals surface area contributed by atoms with Crippen LogP contribution >= 0.6 is 0 Å². The van der Waals surface area contributed by atoms with Gasteiger partial charge in [0.15, 0.2) is 11.5 Å². The van der Waals surface area contributed by atoms with E-state index in [9.17, 15) is 5.11 Å². The Morgan fingerprint density at radius 1 is 1.06 bits per heavy atom. The molecule has 3 atom stereocenters. The molecule has 0 saturated carbocycles. The molecule has 0 saturated heterocycles. The van der Waals surface area contributed by atoms with Gasteiger partial charge in [0.2, 0.25) is 0 Å². The first-order valence-corrected chi connectivity index (χ1v) is 11.7. The molecule has 6 rings (SSSR count). The number of pyridine rings is 1. The number of ether oxygens (including phenoxy) is 1. The van der Waals surface area contributed by atoms with Crippen LogP contribution in [0.3, 0.4) is 0 Å². The molecule has 2 aliphatic rings. The third-order valence-corrected chi connectivity index (χ3v) is 7.37. The quantitative estimate of drug-likeness (QED) is 0.246. The molecule has 6 nitrogen and oxygen atoms in total. The van der Waals surface area contributed by atoms with Crippen LogP contribution in [0, 0.1) is 11.3 Å². The van der Waals surface area contributed by atoms with Crippen molar-refractivity contribution in [2.45, 2.75) is 18.4 Å². The maximum Gasteiger partial charge on any atom is 0.160 e. The number of amidine groups is 1. The van der Waals surface area contributed by atoms with Gasteiger partial charge in [-0.1, -0.05) is 30.3 Å². The molecule has 35 heavy (non-hydrogen) atoms. The fourth-order valence-electron chi connectivity index (χ4n) is 5.81. The number of phenols is 1. The minimum atomic E-state index is -0.0345. The highest BCUT2D eigenvalue weighted by molar-refractivity contribution is 5.95. The Hall–Kier alpha value is -4.32. The summed E-state index contributed by atoms with van der Waals surface area (Å²) in [6.45, 7) is 0. The molecule has 0 radical (unpaired) electrons. The van der Waals surface area contributed by atoms with Crippen molar-refractivity contribution in [3.05, 3.63) is 107 Å². The van der Waals surface area contributed by atoms with Crippen LogP contribution in [0.5, 0.6) is 11.5 Å². The zero-order valence-electron chi connectivity index (χ0n) is 19.3. The zero-order chi connectivity index (χ0) is 24.1. The maximum atomic E-state index is 10.6. The monoisotopic (exact) mass is 462 g/mol. The third kappa shape index (κ3) is 3.41. The number of nitrogen functional groups attached to an aromatic ring is 1. The van der Waals surface area contributed by atoms with Gasteiger partial charge in [-0.3, -0.25) is 10.4 Å². The minimum absolute atomic E-state index is 0.0345. The Labute approximate surface area is 203 Å². The van der Waals surface area contributed by atoms with E-state index in [4.69, 9.17) is 15.9 Å². The van der Waals surface area contributed by atoms with Gasteiger partial charge in [-0.25, -0.2) is 0 Å². The molecule has 0 fully saturated rings. The number of anilines is 1. The topological polar surface area (TPSA) is 104 Å². The van der Waals surface area contributed by atoms with Gasteiger partial charge < -0.3 is 20.9 Å². The number of aromatic nitrogens is 1. The van der Waals surface area contributed by atoms with Gasteiger partial charge in [-0.2, -0.15) is 0 Å². The summed E-state index contributed by atoms with van der Waals surface area (Å²) in [4.78, 5) is 4.32. The highest BCUT2D eigenvalue weighted by atomic mass is 16.5. The van der Waals surface area contributed by atoms with Crippen molar-refractivity contribution in [1.82, 2.24) is 4.98 Å². The van der Waals surface area contributed by atoms with Gasteiger partial charge in [0.05, 0.1) is 13.2 Å². The normalized spacial score (nSPS) is 19.7. The number of fused-ring (bicyclic) bond motifs is 5. The van der Waals surface area contributed by atoms with Crippen LogP contribution in [-0.4, -0.2) is 23.0 Å². The van der Waals surface area contributed by atoms with Crippen LogP contribution in [-0.2, 0) is 6.42 Å². The number of nitrogens with two attached hydrogens (primary N) is 1. The summed E-state index contributed by atoms with van der Waals surface area (Å²) < 4.78 is 5.52. The number of methoxy groups -OCH3 is 1. The smallest absolute Gasteiger partial charge is 0.160 e. The molecule has 0 spiro atoms. The van der Waals surface area contributed by atoms with Crippen molar-refractivity contribution in [3.63, 3.8) is 0 Å². The predicted octanol–water partition coefficient (Wildman–Crippen LogP) is 5.22. The van der Waals surface area contributed by atoms with Gasteiger partial charge >= 0.3 is 0 Å². The van der Waals surface area contributed by atoms with Gasteiger partial charge in [-0.15, -0.1) is 0 Å². The lowest BCUT2D eigenvalue weighted by Gasteiger charge is -2.39. The van der Waals surface area contributed by atoms with E-state index in [1.165, 1.54) is 11.1 Å². The molecule has 6 heteroatoms. The molecule has 4 aromatic rings. The molecule has 0 bridgehead atoms. The first-order valence-electron chi connectivity index (χ1n) is 11.7. The summed E-state index contributed by atoms with van der Waals surface area (Å²) in [7, 11) is 1.57. The van der Waals surface area contributed by atoms with Crippen molar-refractivity contribution in [2.24, 2.45) is 11.7 Å². The van der Waals surface area contributed by atoms with Crippen LogP contribution in [0.2, 0.25) is 0 Å². The second kappa shape index (κ2) is 8.17. The summed E-state index contributed by atoms with van der Waals surface area (Å²) >= 11 is 0. The highest BCUT2D eigenvalue weighted by Gasteiger charge is 2.44. The lowest BCUT2D eigenvalue weighted by atomic mass is 9.74. The van der Waals surface area contributed by atoms with Gasteiger partial charge in [0, 0.05) is 35.1 Å². The SMILES string of the molecule is COc1cc(C2Nc3ccc(C(=N)N)cc3C3c4ccccc4CC23)c(-c2cccnc2)cc1O. The maximum absolute atomic E-state index is 10.6. The van der Waals surface area contributed by atoms with Gasteiger partial charge in [0.25, 0.3) is 0 Å². The minimum Gasteiger partial charge on any atom is -0.504 e. The summed E-state index contributed by atoms with van der Waals surface area (Å²) in [5.74, 6) is 1.00. The van der Waals surface area contributed by atoms with Crippen molar-refractivity contribution >= 4 is 11.5 Å². The lowest BCUT2D eigenvalue weighted by molar-refractivity contribution is 0.370. The van der Waals surface area contributed by atoms with E-state index in [0.29, 0.717) is 5.75 Å². The summed E-state index contributed by atoms with van der Waals surface area (Å²) in [6.07, 6.45) is 4.48. The third-order valence-electron chi connectivity index (χ3n) is 7.37.